The van der Waals surface area contributed by atoms with E-state index in [1.54, 1.807) is 5.57 Å². The van der Waals surface area contributed by atoms with Crippen LogP contribution < -0.4 is 0 Å². The fraction of sp³-hybridized carbons (Fsp3) is 0.370. The molecule has 1 aromatic carbocycles. The molecule has 1 aromatic rings. The highest BCUT2D eigenvalue weighted by molar-refractivity contribution is 5.76. The van der Waals surface area contributed by atoms with Crippen LogP contribution in [0.25, 0.3) is 0 Å². The SMILES string of the molecule is CC1=C(/C=C/C(C)=C/C=C/C(C)=C/C=Nc2cccc(C)c2)C(C)(C)CCC1. The lowest BCUT2D eigenvalue weighted by molar-refractivity contribution is 0.377. The quantitative estimate of drug-likeness (QED) is 0.352. The summed E-state index contributed by atoms with van der Waals surface area (Å²) < 4.78 is 0. The predicted octanol–water partition coefficient (Wildman–Crippen LogP) is 8.23. The van der Waals surface area contributed by atoms with Gasteiger partial charge in [0.15, 0.2) is 0 Å². The second-order valence-electron chi connectivity index (χ2n) is 8.56. The van der Waals surface area contributed by atoms with Gasteiger partial charge in [-0.1, -0.05) is 67.5 Å². The third-order valence-corrected chi connectivity index (χ3v) is 5.34. The van der Waals surface area contributed by atoms with Crippen molar-refractivity contribution in [2.45, 2.75) is 60.8 Å². The van der Waals surface area contributed by atoms with Crippen LogP contribution in [0.5, 0.6) is 0 Å². The van der Waals surface area contributed by atoms with Crippen molar-refractivity contribution in [3.8, 4) is 0 Å². The summed E-state index contributed by atoms with van der Waals surface area (Å²) in [6, 6.07) is 8.22. The highest BCUT2D eigenvalue weighted by Gasteiger charge is 2.26. The maximum Gasteiger partial charge on any atom is 0.0632 e. The molecule has 0 aromatic heterocycles. The second-order valence-corrected chi connectivity index (χ2v) is 8.56. The molecular weight excluding hydrogens is 338 g/mol. The van der Waals surface area contributed by atoms with Crippen LogP contribution >= 0.6 is 0 Å². The Morgan fingerprint density at radius 2 is 1.79 bits per heavy atom. The van der Waals surface area contributed by atoms with Crippen molar-refractivity contribution >= 4 is 11.9 Å². The molecule has 0 fully saturated rings. The molecule has 0 spiro atoms. The molecule has 1 aliphatic carbocycles. The van der Waals surface area contributed by atoms with E-state index in [-0.39, 0.29) is 0 Å². The van der Waals surface area contributed by atoms with E-state index in [0.717, 1.165) is 5.69 Å². The Bertz CT molecular complexity index is 854. The Hall–Kier alpha value is -2.41. The number of rotatable bonds is 6. The Morgan fingerprint density at radius 3 is 2.50 bits per heavy atom. The summed E-state index contributed by atoms with van der Waals surface area (Å²) in [6.45, 7) is 13.3. The summed E-state index contributed by atoms with van der Waals surface area (Å²) in [5.41, 5.74) is 8.01. The predicted molar refractivity (Wildman–Crippen MR) is 125 cm³/mol. The summed E-state index contributed by atoms with van der Waals surface area (Å²) in [4.78, 5) is 4.49. The lowest BCUT2D eigenvalue weighted by Crippen LogP contribution is -2.19. The molecule has 2 rings (SSSR count). The first-order valence-electron chi connectivity index (χ1n) is 10.3. The van der Waals surface area contributed by atoms with Gasteiger partial charge in [-0.15, -0.1) is 0 Å². The third kappa shape index (κ3) is 6.96. The van der Waals surface area contributed by atoms with Gasteiger partial charge < -0.3 is 0 Å². The first kappa shape index (κ1) is 21.9. The van der Waals surface area contributed by atoms with E-state index in [1.807, 2.05) is 24.4 Å². The van der Waals surface area contributed by atoms with E-state index in [4.69, 9.17) is 0 Å². The van der Waals surface area contributed by atoms with Crippen molar-refractivity contribution in [3.63, 3.8) is 0 Å². The number of benzene rings is 1. The highest BCUT2D eigenvalue weighted by Crippen LogP contribution is 2.40. The molecule has 0 radical (unpaired) electrons. The minimum atomic E-state index is 0.297. The van der Waals surface area contributed by atoms with Gasteiger partial charge in [0, 0.05) is 6.21 Å². The zero-order chi connectivity index (χ0) is 20.6. The number of aryl methyl sites for hydroxylation is 1. The lowest BCUT2D eigenvalue weighted by atomic mass is 9.72. The van der Waals surface area contributed by atoms with Gasteiger partial charge in [0.25, 0.3) is 0 Å². The van der Waals surface area contributed by atoms with Gasteiger partial charge in [-0.05, 0) is 87.3 Å². The van der Waals surface area contributed by atoms with E-state index in [1.165, 1.54) is 41.5 Å². The number of allylic oxidation sites excluding steroid dienone is 10. The van der Waals surface area contributed by atoms with Gasteiger partial charge in [0.05, 0.1) is 5.69 Å². The molecule has 0 saturated carbocycles. The third-order valence-electron chi connectivity index (χ3n) is 5.34. The number of hydrogen-bond donors (Lipinski definition) is 0. The van der Waals surface area contributed by atoms with Crippen LogP contribution in [0.4, 0.5) is 5.69 Å². The van der Waals surface area contributed by atoms with Gasteiger partial charge in [-0.2, -0.15) is 0 Å². The minimum Gasteiger partial charge on any atom is -0.257 e. The van der Waals surface area contributed by atoms with Gasteiger partial charge in [0.1, 0.15) is 0 Å². The average Bonchev–Trinajstić information content (AvgIpc) is 2.61. The second kappa shape index (κ2) is 10.2. The average molecular weight is 374 g/mol. The van der Waals surface area contributed by atoms with Gasteiger partial charge in [-0.3, -0.25) is 4.99 Å². The summed E-state index contributed by atoms with van der Waals surface area (Å²) >= 11 is 0. The van der Waals surface area contributed by atoms with Crippen molar-refractivity contribution in [3.05, 3.63) is 88.6 Å². The van der Waals surface area contributed by atoms with Crippen LogP contribution in [0.1, 0.15) is 59.4 Å². The summed E-state index contributed by atoms with van der Waals surface area (Å²) in [5.74, 6) is 0. The first-order chi connectivity index (χ1) is 13.3. The van der Waals surface area contributed by atoms with Crippen molar-refractivity contribution in [1.82, 2.24) is 0 Å². The van der Waals surface area contributed by atoms with E-state index in [9.17, 15) is 0 Å². The molecule has 28 heavy (non-hydrogen) atoms. The largest absolute Gasteiger partial charge is 0.257 e. The molecule has 0 amide bonds. The molecular formula is C27H35N. The van der Waals surface area contributed by atoms with Gasteiger partial charge >= 0.3 is 0 Å². The van der Waals surface area contributed by atoms with Crippen molar-refractivity contribution in [1.29, 1.82) is 0 Å². The van der Waals surface area contributed by atoms with Crippen molar-refractivity contribution in [2.24, 2.45) is 10.4 Å². The van der Waals surface area contributed by atoms with E-state index < -0.39 is 0 Å². The molecule has 0 unspecified atom stereocenters. The number of aliphatic imine (C=N–C) groups is 1. The van der Waals surface area contributed by atoms with Crippen LogP contribution in [0.2, 0.25) is 0 Å². The Balaban J connectivity index is 1.97. The molecule has 0 atom stereocenters. The molecule has 0 N–H and O–H groups in total. The smallest absolute Gasteiger partial charge is 0.0632 e. The topological polar surface area (TPSA) is 12.4 Å². The zero-order valence-electron chi connectivity index (χ0n) is 18.4. The molecule has 148 valence electrons. The van der Waals surface area contributed by atoms with Crippen LogP contribution in [0.3, 0.4) is 0 Å². The minimum absolute atomic E-state index is 0.297. The first-order valence-corrected chi connectivity index (χ1v) is 10.3. The molecule has 1 heteroatoms. The Kier molecular flexibility index (Phi) is 7.99. The fourth-order valence-corrected chi connectivity index (χ4v) is 3.64. The maximum atomic E-state index is 4.49. The molecule has 1 nitrogen and oxygen atoms in total. The van der Waals surface area contributed by atoms with Crippen molar-refractivity contribution < 1.29 is 0 Å². The van der Waals surface area contributed by atoms with Crippen LogP contribution in [0, 0.1) is 12.3 Å². The molecule has 0 aliphatic heterocycles. The lowest BCUT2D eigenvalue weighted by Gasteiger charge is -2.32. The van der Waals surface area contributed by atoms with E-state index in [0.29, 0.717) is 5.41 Å². The van der Waals surface area contributed by atoms with Gasteiger partial charge in [0.2, 0.25) is 0 Å². The molecule has 0 bridgehead atoms. The monoisotopic (exact) mass is 373 g/mol. The molecule has 0 saturated heterocycles. The summed E-state index contributed by atoms with van der Waals surface area (Å²) in [6.07, 6.45) is 18.7. The maximum absolute atomic E-state index is 4.49. The van der Waals surface area contributed by atoms with E-state index >= 15 is 0 Å². The molecule has 1 aliphatic rings. The normalized spacial score (nSPS) is 18.8. The zero-order valence-corrected chi connectivity index (χ0v) is 18.4. The van der Waals surface area contributed by atoms with Crippen molar-refractivity contribution in [2.75, 3.05) is 0 Å². The molecule has 0 heterocycles. The highest BCUT2D eigenvalue weighted by atomic mass is 14.7. The van der Waals surface area contributed by atoms with Gasteiger partial charge in [-0.25, -0.2) is 0 Å². The van der Waals surface area contributed by atoms with Crippen LogP contribution in [-0.2, 0) is 0 Å². The van der Waals surface area contributed by atoms with E-state index in [2.05, 4.69) is 89.0 Å². The standard InChI is InChI=1S/C27H35N/c1-21(15-16-26-24(4)13-9-18-27(26,5)6)10-7-11-22(2)17-19-28-25-14-8-12-23(3)20-25/h7-8,10-12,14-17,19-20H,9,13,18H2,1-6H3/b11-7+,16-15+,21-10+,22-17+,28-19?. The summed E-state index contributed by atoms with van der Waals surface area (Å²) in [7, 11) is 0. The number of nitrogens with zero attached hydrogens (tertiary/aromatic N) is 1. The number of hydrogen-bond acceptors (Lipinski definition) is 1. The Labute approximate surface area is 172 Å². The van der Waals surface area contributed by atoms with Crippen LogP contribution in [0.15, 0.2) is 88.0 Å². The Morgan fingerprint density at radius 1 is 1.04 bits per heavy atom. The fourth-order valence-electron chi connectivity index (χ4n) is 3.64. The summed E-state index contributed by atoms with van der Waals surface area (Å²) in [5, 5.41) is 0. The van der Waals surface area contributed by atoms with Crippen LogP contribution in [-0.4, -0.2) is 6.21 Å².